The van der Waals surface area contributed by atoms with Crippen LogP contribution in [0.4, 0.5) is 0 Å². The van der Waals surface area contributed by atoms with Crippen LogP contribution in [-0.4, -0.2) is 30.6 Å². The van der Waals surface area contributed by atoms with Crippen LogP contribution in [0.1, 0.15) is 12.5 Å². The zero-order valence-electron chi connectivity index (χ0n) is 9.84. The molecule has 1 aromatic carbocycles. The lowest BCUT2D eigenvalue weighted by atomic mass is 10.1. The Bertz CT molecular complexity index is 397. The van der Waals surface area contributed by atoms with Gasteiger partial charge in [-0.3, -0.25) is 0 Å². The second-order valence-corrected chi connectivity index (χ2v) is 3.52. The normalized spacial score (nSPS) is 11.1. The summed E-state index contributed by atoms with van der Waals surface area (Å²) in [5, 5.41) is 11.6. The van der Waals surface area contributed by atoms with Crippen LogP contribution in [0.2, 0.25) is 0 Å². The second-order valence-electron chi connectivity index (χ2n) is 3.52. The lowest BCUT2D eigenvalue weighted by Gasteiger charge is -2.05. The van der Waals surface area contributed by atoms with E-state index in [0.717, 1.165) is 5.56 Å². The first-order valence-electron chi connectivity index (χ1n) is 5.11. The molecule has 0 aliphatic carbocycles. The molecule has 5 nitrogen and oxygen atoms in total. The molecule has 0 unspecified atom stereocenters. The van der Waals surface area contributed by atoms with Crippen molar-refractivity contribution in [2.75, 3.05) is 13.7 Å². The van der Waals surface area contributed by atoms with Gasteiger partial charge in [0.05, 0.1) is 12.8 Å². The maximum Gasteiger partial charge on any atom is 0.343 e. The van der Waals surface area contributed by atoms with E-state index in [9.17, 15) is 4.79 Å². The van der Waals surface area contributed by atoms with Crippen molar-refractivity contribution in [1.82, 2.24) is 0 Å². The number of rotatable bonds is 5. The van der Waals surface area contributed by atoms with E-state index in [0.29, 0.717) is 17.9 Å². The highest BCUT2D eigenvalue weighted by Gasteiger charge is 2.02. The summed E-state index contributed by atoms with van der Waals surface area (Å²) in [4.78, 5) is 10.8. The molecule has 0 fully saturated rings. The van der Waals surface area contributed by atoms with E-state index in [2.05, 4.69) is 9.89 Å². The molecular formula is C12H15NO4. The monoisotopic (exact) mass is 237 g/mol. The van der Waals surface area contributed by atoms with E-state index in [1.54, 1.807) is 19.1 Å². The number of esters is 1. The second kappa shape index (κ2) is 6.52. The van der Waals surface area contributed by atoms with Crippen molar-refractivity contribution in [3.8, 4) is 5.75 Å². The Balaban J connectivity index is 2.53. The third-order valence-electron chi connectivity index (χ3n) is 2.14. The quantitative estimate of drug-likeness (QED) is 0.366. The predicted molar refractivity (Wildman–Crippen MR) is 62.6 cm³/mol. The van der Waals surface area contributed by atoms with Gasteiger partial charge in [-0.2, -0.15) is 0 Å². The Kier molecular flexibility index (Phi) is 5.00. The molecular weight excluding hydrogens is 222 g/mol. The largest absolute Gasteiger partial charge is 0.482 e. The average Bonchev–Trinajstić information content (AvgIpc) is 2.37. The fourth-order valence-corrected chi connectivity index (χ4v) is 1.24. The van der Waals surface area contributed by atoms with Gasteiger partial charge in [0.2, 0.25) is 0 Å². The highest BCUT2D eigenvalue weighted by Crippen LogP contribution is 2.12. The molecule has 0 aliphatic heterocycles. The van der Waals surface area contributed by atoms with E-state index in [1.165, 1.54) is 7.11 Å². The van der Waals surface area contributed by atoms with Gasteiger partial charge in [0.1, 0.15) is 5.75 Å². The first-order chi connectivity index (χ1) is 8.15. The summed E-state index contributed by atoms with van der Waals surface area (Å²) in [7, 11) is 1.31. The minimum atomic E-state index is -0.419. The number of carbonyl (C=O) groups excluding carboxylic acids is 1. The molecule has 0 radical (unpaired) electrons. The number of oxime groups is 1. The van der Waals surface area contributed by atoms with Crippen LogP contribution in [0.5, 0.6) is 5.75 Å². The molecule has 0 bridgehead atoms. The first kappa shape index (κ1) is 13.0. The van der Waals surface area contributed by atoms with E-state index in [-0.39, 0.29) is 6.61 Å². The molecule has 1 rings (SSSR count). The maximum absolute atomic E-state index is 10.8. The minimum Gasteiger partial charge on any atom is -0.482 e. The standard InChI is InChI=1S/C12H15NO4/c1-9(13-15)7-10-3-5-11(6-4-10)17-8-12(14)16-2/h3-6,15H,7-8H2,1-2H3. The van der Waals surface area contributed by atoms with Crippen molar-refractivity contribution >= 4 is 11.7 Å². The Morgan fingerprint density at radius 2 is 2.00 bits per heavy atom. The molecule has 5 heteroatoms. The highest BCUT2D eigenvalue weighted by atomic mass is 16.6. The molecule has 17 heavy (non-hydrogen) atoms. The number of methoxy groups -OCH3 is 1. The van der Waals surface area contributed by atoms with Gasteiger partial charge in [-0.05, 0) is 24.6 Å². The van der Waals surface area contributed by atoms with Crippen molar-refractivity contribution in [1.29, 1.82) is 0 Å². The zero-order valence-corrected chi connectivity index (χ0v) is 9.84. The summed E-state index contributed by atoms with van der Waals surface area (Å²) in [5.41, 5.74) is 1.64. The molecule has 0 heterocycles. The topological polar surface area (TPSA) is 68.1 Å². The summed E-state index contributed by atoms with van der Waals surface area (Å²) in [6, 6.07) is 7.20. The first-order valence-corrected chi connectivity index (χ1v) is 5.11. The Morgan fingerprint density at radius 3 is 2.53 bits per heavy atom. The van der Waals surface area contributed by atoms with E-state index >= 15 is 0 Å². The highest BCUT2D eigenvalue weighted by molar-refractivity contribution is 5.83. The van der Waals surface area contributed by atoms with Gasteiger partial charge in [0.25, 0.3) is 0 Å². The summed E-state index contributed by atoms with van der Waals surface area (Å²) < 4.78 is 9.65. The van der Waals surface area contributed by atoms with Crippen LogP contribution in [0.15, 0.2) is 29.4 Å². The van der Waals surface area contributed by atoms with Crippen molar-refractivity contribution in [2.24, 2.45) is 5.16 Å². The third kappa shape index (κ3) is 4.55. The van der Waals surface area contributed by atoms with Crippen molar-refractivity contribution in [2.45, 2.75) is 13.3 Å². The van der Waals surface area contributed by atoms with Gasteiger partial charge < -0.3 is 14.7 Å². The Morgan fingerprint density at radius 1 is 1.35 bits per heavy atom. The molecule has 1 aromatic rings. The lowest BCUT2D eigenvalue weighted by Crippen LogP contribution is -2.12. The molecule has 0 saturated heterocycles. The van der Waals surface area contributed by atoms with Gasteiger partial charge in [0, 0.05) is 6.42 Å². The van der Waals surface area contributed by atoms with Crippen LogP contribution < -0.4 is 4.74 Å². The van der Waals surface area contributed by atoms with Gasteiger partial charge >= 0.3 is 5.97 Å². The van der Waals surface area contributed by atoms with Gasteiger partial charge in [-0.1, -0.05) is 17.3 Å². The van der Waals surface area contributed by atoms with Crippen molar-refractivity contribution in [3.63, 3.8) is 0 Å². The number of carbonyl (C=O) groups is 1. The Labute approximate surface area is 99.7 Å². The molecule has 1 N–H and O–H groups in total. The number of benzene rings is 1. The molecule has 0 aliphatic rings. The molecule has 0 spiro atoms. The lowest BCUT2D eigenvalue weighted by molar-refractivity contribution is -0.142. The molecule has 0 saturated carbocycles. The van der Waals surface area contributed by atoms with Gasteiger partial charge in [-0.25, -0.2) is 4.79 Å². The number of nitrogens with zero attached hydrogens (tertiary/aromatic N) is 1. The van der Waals surface area contributed by atoms with Gasteiger partial charge in [0.15, 0.2) is 6.61 Å². The molecule has 0 atom stereocenters. The zero-order chi connectivity index (χ0) is 12.7. The fourth-order valence-electron chi connectivity index (χ4n) is 1.24. The van der Waals surface area contributed by atoms with E-state index in [1.807, 2.05) is 12.1 Å². The molecule has 0 amide bonds. The van der Waals surface area contributed by atoms with Crippen LogP contribution >= 0.6 is 0 Å². The Hall–Kier alpha value is -2.04. The maximum atomic E-state index is 10.8. The van der Waals surface area contributed by atoms with Crippen molar-refractivity contribution in [3.05, 3.63) is 29.8 Å². The fraction of sp³-hybridized carbons (Fsp3) is 0.333. The van der Waals surface area contributed by atoms with Gasteiger partial charge in [-0.15, -0.1) is 0 Å². The summed E-state index contributed by atoms with van der Waals surface area (Å²) in [6.07, 6.45) is 0.577. The average molecular weight is 237 g/mol. The number of hydrogen-bond donors (Lipinski definition) is 1. The molecule has 92 valence electrons. The number of hydrogen-bond acceptors (Lipinski definition) is 5. The smallest absolute Gasteiger partial charge is 0.343 e. The van der Waals surface area contributed by atoms with Crippen molar-refractivity contribution < 1.29 is 19.5 Å². The van der Waals surface area contributed by atoms with Crippen LogP contribution in [0.25, 0.3) is 0 Å². The summed E-state index contributed by atoms with van der Waals surface area (Å²) in [6.45, 7) is 1.63. The minimum absolute atomic E-state index is 0.104. The SMILES string of the molecule is COC(=O)COc1ccc(CC(C)=NO)cc1. The third-order valence-corrected chi connectivity index (χ3v) is 2.14. The van der Waals surface area contributed by atoms with Crippen LogP contribution in [-0.2, 0) is 16.0 Å². The van der Waals surface area contributed by atoms with Crippen LogP contribution in [0, 0.1) is 0 Å². The summed E-state index contributed by atoms with van der Waals surface area (Å²) in [5.74, 6) is 0.176. The van der Waals surface area contributed by atoms with Crippen LogP contribution in [0.3, 0.4) is 0 Å². The predicted octanol–water partition coefficient (Wildman–Crippen LogP) is 1.63. The number of ether oxygens (including phenoxy) is 2. The summed E-state index contributed by atoms with van der Waals surface area (Å²) >= 11 is 0. The van der Waals surface area contributed by atoms with E-state index in [4.69, 9.17) is 9.94 Å². The molecule has 0 aromatic heterocycles. The van der Waals surface area contributed by atoms with E-state index < -0.39 is 5.97 Å².